The molecular weight excluding hydrogens is 648 g/mol. The summed E-state index contributed by atoms with van der Waals surface area (Å²) in [6.07, 6.45) is 8.89. The van der Waals surface area contributed by atoms with Gasteiger partial charge in [0, 0.05) is 36.5 Å². The fraction of sp³-hybridized carbons (Fsp3) is 0.293. The van der Waals surface area contributed by atoms with Crippen molar-refractivity contribution >= 4 is 15.9 Å². The summed E-state index contributed by atoms with van der Waals surface area (Å²) in [6, 6.07) is 40.5. The molecule has 1 aliphatic rings. The highest BCUT2D eigenvalue weighted by molar-refractivity contribution is 9.10. The molecule has 1 aromatic heterocycles. The predicted octanol–water partition coefficient (Wildman–Crippen LogP) is 8.54. The van der Waals surface area contributed by atoms with Gasteiger partial charge in [0.2, 0.25) is 0 Å². The average Bonchev–Trinajstić information content (AvgIpc) is 3.08. The molecule has 0 spiro atoms. The van der Waals surface area contributed by atoms with Gasteiger partial charge in [0.05, 0.1) is 18.4 Å². The molecule has 6 rings (SSSR count). The van der Waals surface area contributed by atoms with Crippen LogP contribution in [-0.4, -0.2) is 50.6 Å². The number of ether oxygens (including phenoxy) is 3. The van der Waals surface area contributed by atoms with E-state index in [0.29, 0.717) is 12.6 Å². The lowest BCUT2D eigenvalue weighted by Crippen LogP contribution is -2.46. The van der Waals surface area contributed by atoms with Crippen LogP contribution in [0.5, 0.6) is 5.75 Å². The molecule has 0 unspecified atom stereocenters. The lowest BCUT2D eigenvalue weighted by Gasteiger charge is -2.27. The number of nitrogens with one attached hydrogen (secondary N) is 1. The van der Waals surface area contributed by atoms with Crippen molar-refractivity contribution in [2.24, 2.45) is 0 Å². The van der Waals surface area contributed by atoms with Gasteiger partial charge in [0.1, 0.15) is 12.4 Å². The number of nitrogens with zero attached hydrogens (tertiary/aromatic N) is 1. The summed E-state index contributed by atoms with van der Waals surface area (Å²) in [5.74, 6) is 0.820. The lowest BCUT2D eigenvalue weighted by atomic mass is 9.98. The maximum Gasteiger partial charge on any atom is 0.138 e. The third-order valence-corrected chi connectivity index (χ3v) is 8.94. The summed E-state index contributed by atoms with van der Waals surface area (Å²) < 4.78 is 18.4. The zero-order chi connectivity index (χ0) is 32.7. The van der Waals surface area contributed by atoms with Crippen molar-refractivity contribution in [2.75, 3.05) is 27.4 Å². The van der Waals surface area contributed by atoms with Crippen molar-refractivity contribution in [2.45, 2.75) is 50.4 Å². The molecule has 1 fully saturated rings. The van der Waals surface area contributed by atoms with Crippen molar-refractivity contribution in [3.63, 3.8) is 0 Å². The SMILES string of the molecule is CO[C@@H](Cc1ccccc1)Cc1cccc(-c2cncc(OC[C@@H]3CCN3)c2)c1.CO[C@@H](Cc1ccccc1)Cc1cccc(Br)c1. The molecule has 1 N–H and O–H groups in total. The van der Waals surface area contributed by atoms with Crippen LogP contribution in [0.15, 0.2) is 132 Å². The predicted molar refractivity (Wildman–Crippen MR) is 195 cm³/mol. The van der Waals surface area contributed by atoms with Crippen LogP contribution in [0.25, 0.3) is 11.1 Å². The van der Waals surface area contributed by atoms with E-state index in [1.807, 2.05) is 24.4 Å². The van der Waals surface area contributed by atoms with Gasteiger partial charge in [-0.25, -0.2) is 0 Å². The smallest absolute Gasteiger partial charge is 0.138 e. The number of benzene rings is 4. The van der Waals surface area contributed by atoms with Gasteiger partial charge in [-0.15, -0.1) is 0 Å². The van der Waals surface area contributed by atoms with Crippen molar-refractivity contribution in [1.82, 2.24) is 10.3 Å². The summed E-state index contributed by atoms with van der Waals surface area (Å²) in [6.45, 7) is 1.78. The molecule has 0 aliphatic carbocycles. The monoisotopic (exact) mass is 692 g/mol. The molecule has 3 atom stereocenters. The van der Waals surface area contributed by atoms with Gasteiger partial charge < -0.3 is 19.5 Å². The van der Waals surface area contributed by atoms with Crippen LogP contribution < -0.4 is 10.1 Å². The molecule has 6 heteroatoms. The molecule has 47 heavy (non-hydrogen) atoms. The molecule has 5 nitrogen and oxygen atoms in total. The first-order chi connectivity index (χ1) is 23.1. The third kappa shape index (κ3) is 11.4. The van der Waals surface area contributed by atoms with Gasteiger partial charge in [0.25, 0.3) is 0 Å². The Labute approximate surface area is 288 Å². The van der Waals surface area contributed by atoms with Gasteiger partial charge in [-0.05, 0) is 84.7 Å². The first kappa shape index (κ1) is 34.5. The van der Waals surface area contributed by atoms with E-state index in [4.69, 9.17) is 14.2 Å². The van der Waals surface area contributed by atoms with E-state index in [2.05, 4.69) is 123 Å². The Hall–Kier alpha value is -3.81. The number of aromatic nitrogens is 1. The van der Waals surface area contributed by atoms with Crippen LogP contribution in [0.2, 0.25) is 0 Å². The Morgan fingerprint density at radius 2 is 1.21 bits per heavy atom. The minimum absolute atomic E-state index is 0.149. The van der Waals surface area contributed by atoms with E-state index in [-0.39, 0.29) is 12.2 Å². The van der Waals surface area contributed by atoms with Gasteiger partial charge in [0.15, 0.2) is 0 Å². The van der Waals surface area contributed by atoms with Crippen LogP contribution in [0.3, 0.4) is 0 Å². The van der Waals surface area contributed by atoms with E-state index < -0.39 is 0 Å². The number of rotatable bonds is 14. The Morgan fingerprint density at radius 1 is 0.660 bits per heavy atom. The molecule has 0 bridgehead atoms. The zero-order valence-corrected chi connectivity index (χ0v) is 28.9. The summed E-state index contributed by atoms with van der Waals surface area (Å²) in [7, 11) is 3.57. The maximum absolute atomic E-state index is 5.91. The maximum atomic E-state index is 5.91. The topological polar surface area (TPSA) is 52.6 Å². The molecule has 1 aliphatic heterocycles. The normalized spacial score (nSPS) is 15.1. The minimum Gasteiger partial charge on any atom is -0.490 e. The molecule has 1 saturated heterocycles. The Balaban J connectivity index is 0.000000207. The van der Waals surface area contributed by atoms with Crippen LogP contribution in [-0.2, 0) is 35.2 Å². The van der Waals surface area contributed by atoms with Gasteiger partial charge in [-0.1, -0.05) is 113 Å². The Morgan fingerprint density at radius 3 is 1.77 bits per heavy atom. The second-order valence-corrected chi connectivity index (χ2v) is 12.9. The molecule has 4 aromatic carbocycles. The number of hydrogen-bond donors (Lipinski definition) is 1. The van der Waals surface area contributed by atoms with Gasteiger partial charge in [-0.2, -0.15) is 0 Å². The highest BCUT2D eigenvalue weighted by Gasteiger charge is 2.17. The zero-order valence-electron chi connectivity index (χ0n) is 27.4. The molecule has 244 valence electrons. The fourth-order valence-corrected chi connectivity index (χ4v) is 6.09. The minimum atomic E-state index is 0.149. The van der Waals surface area contributed by atoms with E-state index in [0.717, 1.165) is 53.6 Å². The molecule has 2 heterocycles. The van der Waals surface area contributed by atoms with E-state index in [1.54, 1.807) is 20.4 Å². The first-order valence-corrected chi connectivity index (χ1v) is 17.2. The second kappa shape index (κ2) is 18.5. The second-order valence-electron chi connectivity index (χ2n) is 12.0. The van der Waals surface area contributed by atoms with E-state index in [1.165, 1.54) is 28.7 Å². The molecular formula is C41H45BrN2O3. The highest BCUT2D eigenvalue weighted by Crippen LogP contribution is 2.25. The summed E-state index contributed by atoms with van der Waals surface area (Å²) in [4.78, 5) is 4.38. The summed E-state index contributed by atoms with van der Waals surface area (Å²) in [5, 5.41) is 3.35. The summed E-state index contributed by atoms with van der Waals surface area (Å²) >= 11 is 3.50. The van der Waals surface area contributed by atoms with Crippen molar-refractivity contribution in [3.8, 4) is 16.9 Å². The quantitative estimate of drug-likeness (QED) is 0.126. The number of methoxy groups -OCH3 is 2. The number of halogens is 1. The first-order valence-electron chi connectivity index (χ1n) is 16.4. The Bertz CT molecular complexity index is 1630. The molecule has 5 aromatic rings. The van der Waals surface area contributed by atoms with Crippen molar-refractivity contribution < 1.29 is 14.2 Å². The molecule has 0 saturated carbocycles. The van der Waals surface area contributed by atoms with Crippen LogP contribution >= 0.6 is 15.9 Å². The van der Waals surface area contributed by atoms with Crippen molar-refractivity contribution in [1.29, 1.82) is 0 Å². The lowest BCUT2D eigenvalue weighted by molar-refractivity contribution is 0.103. The summed E-state index contributed by atoms with van der Waals surface area (Å²) in [5.41, 5.74) is 7.40. The Kier molecular flexibility index (Phi) is 13.6. The number of pyridine rings is 1. The van der Waals surface area contributed by atoms with Crippen molar-refractivity contribution in [3.05, 3.63) is 154 Å². The van der Waals surface area contributed by atoms with E-state index >= 15 is 0 Å². The van der Waals surface area contributed by atoms with Crippen LogP contribution in [0.4, 0.5) is 0 Å². The molecule has 0 amide bonds. The van der Waals surface area contributed by atoms with E-state index in [9.17, 15) is 0 Å². The standard InChI is InChI=1S/C25H28N2O2.C16H17BrO/c1-28-24(13-19-6-3-2-4-7-19)14-20-8-5-9-21(12-20)22-15-25(17-26-16-22)29-18-23-10-11-27-23;1-18-16(11-13-6-3-2-4-7-13)12-14-8-5-9-15(17)10-14/h2-9,12,15-17,23-24,27H,10-11,13-14,18H2,1H3;2-10,16H,11-12H2,1H3/t23-,24-;16-/m00/s1. The van der Waals surface area contributed by atoms with Gasteiger partial charge >= 0.3 is 0 Å². The molecule has 0 radical (unpaired) electrons. The van der Waals surface area contributed by atoms with Crippen LogP contribution in [0, 0.1) is 0 Å². The third-order valence-electron chi connectivity index (χ3n) is 8.45. The van der Waals surface area contributed by atoms with Gasteiger partial charge in [-0.3, -0.25) is 4.98 Å². The fourth-order valence-electron chi connectivity index (χ4n) is 5.64. The largest absolute Gasteiger partial charge is 0.490 e. The number of hydrogen-bond acceptors (Lipinski definition) is 5. The average molecular weight is 694 g/mol. The van der Waals surface area contributed by atoms with Crippen LogP contribution in [0.1, 0.15) is 28.7 Å². The highest BCUT2D eigenvalue weighted by atomic mass is 79.9.